The van der Waals surface area contributed by atoms with Gasteiger partial charge in [-0.3, -0.25) is 19.3 Å². The van der Waals surface area contributed by atoms with E-state index in [1.54, 1.807) is 18.0 Å². The van der Waals surface area contributed by atoms with E-state index in [0.29, 0.717) is 60.2 Å². The standard InChI is InChI=1S/C47H57N11O4/c1-4-20-49-45(61)40-28-50-47(54-44(40)53-41-16-8-32-7-6-31(5-2)43(32)52-41)51-34-9-11-35(12-10-34)55-21-18-36(19-22-55)56-23-25-57(26-24-56)37-13-15-39-33(27-37)29-58(46(39)62)38(30-59)14-17-42(60)48-3/h4,8-13,15-16,27-28,30-31,36,38H,1,5-7,14,17-26,29H2,2-3H3,(H,48,60)(H,49,61)(H2,50,51,52,53,54). The summed E-state index contributed by atoms with van der Waals surface area (Å²) in [4.78, 5) is 73.1. The van der Waals surface area contributed by atoms with Crippen molar-refractivity contribution >= 4 is 58.7 Å². The molecule has 0 saturated carbocycles. The number of anilines is 6. The molecule has 4 aromatic rings. The van der Waals surface area contributed by atoms with Crippen molar-refractivity contribution in [3.05, 3.63) is 101 Å². The number of benzene rings is 2. The van der Waals surface area contributed by atoms with Gasteiger partial charge in [-0.05, 0) is 98.2 Å². The molecule has 8 rings (SSSR count). The first-order valence-electron chi connectivity index (χ1n) is 22.0. The first-order valence-corrected chi connectivity index (χ1v) is 22.0. The second-order valence-corrected chi connectivity index (χ2v) is 16.6. The van der Waals surface area contributed by atoms with Crippen molar-refractivity contribution in [1.82, 2.24) is 35.4 Å². The predicted octanol–water partition coefficient (Wildman–Crippen LogP) is 5.55. The van der Waals surface area contributed by atoms with Crippen LogP contribution in [-0.4, -0.2) is 114 Å². The number of fused-ring (bicyclic) bond motifs is 2. The van der Waals surface area contributed by atoms with Gasteiger partial charge in [0.05, 0.1) is 6.04 Å². The van der Waals surface area contributed by atoms with E-state index in [2.05, 4.69) is 78.7 Å². The van der Waals surface area contributed by atoms with Crippen LogP contribution in [0.15, 0.2) is 73.4 Å². The van der Waals surface area contributed by atoms with E-state index in [0.717, 1.165) is 100 Å². The van der Waals surface area contributed by atoms with E-state index < -0.39 is 6.04 Å². The van der Waals surface area contributed by atoms with Crippen molar-refractivity contribution in [2.75, 3.05) is 73.3 Å². The Morgan fingerprint density at radius 1 is 0.903 bits per heavy atom. The van der Waals surface area contributed by atoms with E-state index in [-0.39, 0.29) is 24.1 Å². The van der Waals surface area contributed by atoms with Gasteiger partial charge in [0.1, 0.15) is 23.5 Å². The Balaban J connectivity index is 0.835. The number of rotatable bonds is 16. The normalized spacial score (nSPS) is 18.2. The molecule has 15 nitrogen and oxygen atoms in total. The number of hydrogen-bond acceptors (Lipinski definition) is 12. The van der Waals surface area contributed by atoms with E-state index in [1.807, 2.05) is 30.3 Å². The van der Waals surface area contributed by atoms with E-state index in [1.165, 1.54) is 17.4 Å². The lowest BCUT2D eigenvalue weighted by molar-refractivity contribution is -0.121. The van der Waals surface area contributed by atoms with Crippen LogP contribution in [0.2, 0.25) is 0 Å². The average molecular weight is 840 g/mol. The molecule has 4 N–H and O–H groups in total. The summed E-state index contributed by atoms with van der Waals surface area (Å²) < 4.78 is 0. The Morgan fingerprint density at radius 2 is 1.66 bits per heavy atom. The van der Waals surface area contributed by atoms with E-state index in [9.17, 15) is 19.2 Å². The van der Waals surface area contributed by atoms with Crippen LogP contribution in [0.25, 0.3) is 0 Å². The highest BCUT2D eigenvalue weighted by atomic mass is 16.2. The number of aldehydes is 1. The first kappa shape index (κ1) is 42.3. The lowest BCUT2D eigenvalue weighted by Gasteiger charge is -2.44. The summed E-state index contributed by atoms with van der Waals surface area (Å²) in [6.07, 6.45) is 9.81. The molecule has 324 valence electrons. The van der Waals surface area contributed by atoms with Gasteiger partial charge in [-0.2, -0.15) is 4.98 Å². The molecule has 2 aromatic heterocycles. The first-order chi connectivity index (χ1) is 30.2. The maximum absolute atomic E-state index is 13.2. The zero-order chi connectivity index (χ0) is 43.2. The molecule has 15 heteroatoms. The molecule has 0 bridgehead atoms. The van der Waals surface area contributed by atoms with Gasteiger partial charge in [-0.1, -0.05) is 19.1 Å². The summed E-state index contributed by atoms with van der Waals surface area (Å²) in [6.45, 7) is 12.3. The average Bonchev–Trinajstić information content (AvgIpc) is 3.88. The lowest BCUT2D eigenvalue weighted by Crippen LogP contribution is -2.53. The molecule has 2 unspecified atom stereocenters. The van der Waals surface area contributed by atoms with Gasteiger partial charge in [-0.25, -0.2) is 9.97 Å². The van der Waals surface area contributed by atoms with Gasteiger partial charge in [-0.15, -0.1) is 6.58 Å². The van der Waals surface area contributed by atoms with Crippen LogP contribution >= 0.6 is 0 Å². The molecule has 4 aliphatic rings. The number of carbonyl (C=O) groups is 4. The molecular formula is C47H57N11O4. The number of nitrogens with one attached hydrogen (secondary N) is 4. The monoisotopic (exact) mass is 839 g/mol. The van der Waals surface area contributed by atoms with Crippen LogP contribution in [0, 0.1) is 0 Å². The van der Waals surface area contributed by atoms with Gasteiger partial charge < -0.3 is 40.8 Å². The van der Waals surface area contributed by atoms with Gasteiger partial charge in [0.15, 0.2) is 0 Å². The minimum absolute atomic E-state index is 0.144. The maximum Gasteiger partial charge on any atom is 0.256 e. The molecule has 62 heavy (non-hydrogen) atoms. The van der Waals surface area contributed by atoms with Gasteiger partial charge in [0, 0.05) is 112 Å². The number of hydrogen-bond donors (Lipinski definition) is 4. The summed E-state index contributed by atoms with van der Waals surface area (Å²) >= 11 is 0. The molecule has 0 spiro atoms. The number of aromatic nitrogens is 3. The largest absolute Gasteiger partial charge is 0.371 e. The minimum Gasteiger partial charge on any atom is -0.371 e. The quantitative estimate of drug-likeness (QED) is 0.0822. The smallest absolute Gasteiger partial charge is 0.256 e. The topological polar surface area (TPSA) is 168 Å². The van der Waals surface area contributed by atoms with Crippen LogP contribution in [0.5, 0.6) is 0 Å². The number of aryl methyl sites for hydroxylation is 1. The van der Waals surface area contributed by atoms with Crippen LogP contribution < -0.4 is 31.1 Å². The molecule has 3 amide bonds. The van der Waals surface area contributed by atoms with Crippen LogP contribution in [-0.2, 0) is 22.6 Å². The summed E-state index contributed by atoms with van der Waals surface area (Å²) in [5, 5.41) is 12.0. The Kier molecular flexibility index (Phi) is 13.1. The molecule has 2 atom stereocenters. The van der Waals surface area contributed by atoms with E-state index >= 15 is 0 Å². The highest BCUT2D eigenvalue weighted by Gasteiger charge is 2.34. The molecule has 2 fully saturated rings. The highest BCUT2D eigenvalue weighted by Crippen LogP contribution is 2.36. The molecule has 5 heterocycles. The van der Waals surface area contributed by atoms with Crippen molar-refractivity contribution in [3.8, 4) is 0 Å². The van der Waals surface area contributed by atoms with Gasteiger partial charge in [0.25, 0.3) is 11.8 Å². The fraction of sp³-hybridized carbons (Fsp3) is 0.426. The number of piperidine rings is 1. The fourth-order valence-electron chi connectivity index (χ4n) is 9.30. The van der Waals surface area contributed by atoms with Gasteiger partial charge >= 0.3 is 0 Å². The highest BCUT2D eigenvalue weighted by molar-refractivity contribution is 6.00. The molecule has 2 aromatic carbocycles. The Morgan fingerprint density at radius 3 is 2.39 bits per heavy atom. The van der Waals surface area contributed by atoms with Crippen LogP contribution in [0.3, 0.4) is 0 Å². The second-order valence-electron chi connectivity index (χ2n) is 16.6. The summed E-state index contributed by atoms with van der Waals surface area (Å²) in [5.41, 5.74) is 7.41. The molecule has 2 saturated heterocycles. The number of piperazine rings is 1. The Hall–Kier alpha value is -6.35. The third kappa shape index (κ3) is 9.27. The third-order valence-corrected chi connectivity index (χ3v) is 12.9. The van der Waals surface area contributed by atoms with Crippen molar-refractivity contribution in [2.45, 2.75) is 76.4 Å². The van der Waals surface area contributed by atoms with Crippen molar-refractivity contribution in [2.24, 2.45) is 0 Å². The zero-order valence-corrected chi connectivity index (χ0v) is 35.7. The van der Waals surface area contributed by atoms with Crippen molar-refractivity contribution in [1.29, 1.82) is 0 Å². The zero-order valence-electron chi connectivity index (χ0n) is 35.7. The van der Waals surface area contributed by atoms with Crippen LogP contribution in [0.4, 0.5) is 34.6 Å². The van der Waals surface area contributed by atoms with Crippen molar-refractivity contribution < 1.29 is 19.2 Å². The third-order valence-electron chi connectivity index (χ3n) is 12.9. The molecule has 0 radical (unpaired) electrons. The van der Waals surface area contributed by atoms with Crippen LogP contribution in [0.1, 0.15) is 88.9 Å². The SMILES string of the molecule is C=CCNC(=O)c1cnc(Nc2ccc(N3CCC(N4CCN(c5ccc6c(c5)CN(C(C=O)CCC(=O)NC)C6=O)CC4)CC3)cc2)nc1Nc1ccc2c(n1)C(CC)CC2. The maximum atomic E-state index is 13.2. The van der Waals surface area contributed by atoms with Crippen molar-refractivity contribution in [3.63, 3.8) is 0 Å². The lowest BCUT2D eigenvalue weighted by atomic mass is 10.0. The number of carbonyl (C=O) groups excluding carboxylic acids is 4. The number of nitrogens with zero attached hydrogens (tertiary/aromatic N) is 7. The Labute approximate surface area is 363 Å². The molecule has 3 aliphatic heterocycles. The summed E-state index contributed by atoms with van der Waals surface area (Å²) in [5.74, 6) is 1.23. The molecular weight excluding hydrogens is 783 g/mol. The minimum atomic E-state index is -0.624. The number of amides is 3. The fourth-order valence-corrected chi connectivity index (χ4v) is 9.30. The predicted molar refractivity (Wildman–Crippen MR) is 242 cm³/mol. The second kappa shape index (κ2) is 19.1. The summed E-state index contributed by atoms with van der Waals surface area (Å²) in [7, 11) is 1.57. The van der Waals surface area contributed by atoms with Gasteiger partial charge in [0.2, 0.25) is 11.9 Å². The Bertz CT molecular complexity index is 2290. The van der Waals surface area contributed by atoms with E-state index in [4.69, 9.17) is 9.97 Å². The summed E-state index contributed by atoms with van der Waals surface area (Å²) in [6, 6.07) is 18.3. The molecule has 1 aliphatic carbocycles. The number of pyridine rings is 1.